The third-order valence-electron chi connectivity index (χ3n) is 5.75. The summed E-state index contributed by atoms with van der Waals surface area (Å²) in [5.74, 6) is 0.244. The summed E-state index contributed by atoms with van der Waals surface area (Å²) in [5, 5.41) is 10.1. The maximum Gasteiger partial charge on any atom is 0.413 e. The molecule has 1 atom stereocenters. The van der Waals surface area contributed by atoms with Crippen LogP contribution in [0.1, 0.15) is 12.0 Å². The molecule has 10 heteroatoms. The van der Waals surface area contributed by atoms with Crippen molar-refractivity contribution in [1.82, 2.24) is 15.3 Å². The Morgan fingerprint density at radius 2 is 2.16 bits per heavy atom. The second-order valence-electron chi connectivity index (χ2n) is 7.84. The molecule has 0 saturated carbocycles. The van der Waals surface area contributed by atoms with Gasteiger partial charge in [-0.15, -0.1) is 0 Å². The highest BCUT2D eigenvalue weighted by molar-refractivity contribution is 5.99. The Kier molecular flexibility index (Phi) is 5.14. The summed E-state index contributed by atoms with van der Waals surface area (Å²) >= 11 is 0. The Bertz CT molecular complexity index is 1210. The van der Waals surface area contributed by atoms with Crippen LogP contribution in [-0.4, -0.2) is 48.4 Å². The van der Waals surface area contributed by atoms with Crippen LogP contribution in [0.3, 0.4) is 0 Å². The van der Waals surface area contributed by atoms with Crippen LogP contribution in [0.25, 0.3) is 21.9 Å². The minimum atomic E-state index is -0.582. The van der Waals surface area contributed by atoms with Gasteiger partial charge in [-0.25, -0.2) is 19.2 Å². The van der Waals surface area contributed by atoms with Gasteiger partial charge in [-0.2, -0.15) is 0 Å². The summed E-state index contributed by atoms with van der Waals surface area (Å²) in [6.07, 6.45) is 3.05. The van der Waals surface area contributed by atoms with E-state index in [1.54, 1.807) is 18.3 Å². The van der Waals surface area contributed by atoms with E-state index in [4.69, 9.17) is 15.2 Å². The molecule has 4 heterocycles. The molecule has 32 heavy (non-hydrogen) atoms. The van der Waals surface area contributed by atoms with Crippen LogP contribution in [0.5, 0.6) is 5.88 Å². The maximum atomic E-state index is 15.2. The predicted molar refractivity (Wildman–Crippen MR) is 119 cm³/mol. The highest BCUT2D eigenvalue weighted by Crippen LogP contribution is 2.39. The highest BCUT2D eigenvalue weighted by atomic mass is 19.1. The summed E-state index contributed by atoms with van der Waals surface area (Å²) < 4.78 is 26.2. The lowest BCUT2D eigenvalue weighted by atomic mass is 9.97. The minimum Gasteiger partial charge on any atom is -0.474 e. The van der Waals surface area contributed by atoms with E-state index < -0.39 is 11.9 Å². The van der Waals surface area contributed by atoms with Gasteiger partial charge in [-0.1, -0.05) is 0 Å². The number of benzene rings is 1. The van der Waals surface area contributed by atoms with E-state index in [2.05, 4.69) is 25.9 Å². The second kappa shape index (κ2) is 8.12. The molecular weight excluding hydrogens is 415 g/mol. The minimum absolute atomic E-state index is 0.0162. The van der Waals surface area contributed by atoms with Crippen molar-refractivity contribution in [3.05, 3.63) is 35.9 Å². The van der Waals surface area contributed by atoms with Gasteiger partial charge in [-0.3, -0.25) is 5.32 Å². The highest BCUT2D eigenvalue weighted by Gasteiger charge is 2.22. The lowest BCUT2D eigenvalue weighted by molar-refractivity contribution is 0.121. The maximum absolute atomic E-state index is 15.2. The Morgan fingerprint density at radius 3 is 2.97 bits per heavy atom. The summed E-state index contributed by atoms with van der Waals surface area (Å²) in [6, 6.07) is 3.32. The van der Waals surface area contributed by atoms with E-state index in [0.717, 1.165) is 24.2 Å². The number of nitrogens with two attached hydrogens (primary N) is 1. The SMILES string of the molecule is Cc1c(-c2cc3cc(NC(=O)O[C@@H]4CCNC4)ncc3c(N)c2F)cnc2c1NCCO2. The van der Waals surface area contributed by atoms with Crippen molar-refractivity contribution in [1.29, 1.82) is 0 Å². The predicted octanol–water partition coefficient (Wildman–Crippen LogP) is 3.04. The first-order valence-electron chi connectivity index (χ1n) is 10.4. The molecule has 1 fully saturated rings. The molecule has 9 nitrogen and oxygen atoms in total. The van der Waals surface area contributed by atoms with Crippen molar-refractivity contribution in [3.8, 4) is 17.0 Å². The molecule has 2 aromatic heterocycles. The van der Waals surface area contributed by atoms with Crippen LogP contribution < -0.4 is 26.4 Å². The first kappa shape index (κ1) is 20.3. The van der Waals surface area contributed by atoms with Gasteiger partial charge in [0.1, 0.15) is 24.2 Å². The first-order chi connectivity index (χ1) is 15.5. The smallest absolute Gasteiger partial charge is 0.413 e. The molecule has 2 aliphatic rings. The third kappa shape index (κ3) is 3.62. The van der Waals surface area contributed by atoms with Gasteiger partial charge in [0.2, 0.25) is 5.88 Å². The zero-order valence-corrected chi connectivity index (χ0v) is 17.5. The molecule has 0 radical (unpaired) electrons. The Labute approximate surface area is 183 Å². The van der Waals surface area contributed by atoms with Gasteiger partial charge in [0, 0.05) is 42.0 Å². The van der Waals surface area contributed by atoms with E-state index in [0.29, 0.717) is 53.3 Å². The van der Waals surface area contributed by atoms with Gasteiger partial charge in [0.25, 0.3) is 0 Å². The Balaban J connectivity index is 1.50. The normalized spacial score (nSPS) is 17.4. The largest absolute Gasteiger partial charge is 0.474 e. The number of hydrogen-bond acceptors (Lipinski definition) is 8. The van der Waals surface area contributed by atoms with Crippen LogP contribution in [0.4, 0.5) is 26.4 Å². The molecule has 1 aromatic carbocycles. The molecular formula is C22H23FN6O3. The molecule has 166 valence electrons. The molecule has 0 bridgehead atoms. The number of nitrogen functional groups attached to an aromatic ring is 1. The van der Waals surface area contributed by atoms with Crippen molar-refractivity contribution in [2.24, 2.45) is 0 Å². The van der Waals surface area contributed by atoms with Gasteiger partial charge >= 0.3 is 6.09 Å². The Hall–Kier alpha value is -3.66. The molecule has 3 aromatic rings. The average molecular weight is 438 g/mol. The van der Waals surface area contributed by atoms with Crippen LogP contribution in [0.2, 0.25) is 0 Å². The fourth-order valence-corrected chi connectivity index (χ4v) is 4.07. The number of amides is 1. The molecule has 0 spiro atoms. The molecule has 2 aliphatic heterocycles. The molecule has 5 rings (SSSR count). The number of carbonyl (C=O) groups is 1. The number of rotatable bonds is 3. The fraction of sp³-hybridized carbons (Fsp3) is 0.318. The summed E-state index contributed by atoms with van der Waals surface area (Å²) in [5.41, 5.74) is 8.57. The van der Waals surface area contributed by atoms with Gasteiger partial charge in [-0.05, 0) is 43.0 Å². The van der Waals surface area contributed by atoms with Crippen LogP contribution in [-0.2, 0) is 4.74 Å². The lowest BCUT2D eigenvalue weighted by Crippen LogP contribution is -2.24. The summed E-state index contributed by atoms with van der Waals surface area (Å²) in [6.45, 7) is 4.50. The molecule has 0 unspecified atom stereocenters. The number of nitrogens with one attached hydrogen (secondary N) is 3. The number of hydrogen-bond donors (Lipinski definition) is 4. The number of carbonyl (C=O) groups excluding carboxylic acids is 1. The Morgan fingerprint density at radius 1 is 1.28 bits per heavy atom. The lowest BCUT2D eigenvalue weighted by Gasteiger charge is -2.22. The topological polar surface area (TPSA) is 123 Å². The van der Waals surface area contributed by atoms with Crippen molar-refractivity contribution in [2.45, 2.75) is 19.4 Å². The van der Waals surface area contributed by atoms with E-state index in [1.807, 2.05) is 6.92 Å². The van der Waals surface area contributed by atoms with Crippen molar-refractivity contribution in [3.63, 3.8) is 0 Å². The first-order valence-corrected chi connectivity index (χ1v) is 10.4. The monoisotopic (exact) mass is 438 g/mol. The number of nitrogens with zero attached hydrogens (tertiary/aromatic N) is 2. The quantitative estimate of drug-likeness (QED) is 0.460. The van der Waals surface area contributed by atoms with Crippen LogP contribution in [0.15, 0.2) is 24.5 Å². The van der Waals surface area contributed by atoms with Gasteiger partial charge in [0.05, 0.1) is 5.69 Å². The van der Waals surface area contributed by atoms with Crippen molar-refractivity contribution in [2.75, 3.05) is 42.6 Å². The number of ether oxygens (including phenoxy) is 2. The number of aromatic nitrogens is 2. The van der Waals surface area contributed by atoms with Crippen molar-refractivity contribution < 1.29 is 18.7 Å². The van der Waals surface area contributed by atoms with E-state index in [1.165, 1.54) is 6.20 Å². The van der Waals surface area contributed by atoms with Crippen LogP contribution >= 0.6 is 0 Å². The average Bonchev–Trinajstić information content (AvgIpc) is 3.30. The third-order valence-corrected chi connectivity index (χ3v) is 5.75. The molecule has 1 amide bonds. The number of halogens is 1. The van der Waals surface area contributed by atoms with Gasteiger partial charge in [0.15, 0.2) is 5.82 Å². The summed E-state index contributed by atoms with van der Waals surface area (Å²) in [4.78, 5) is 20.7. The zero-order valence-electron chi connectivity index (χ0n) is 17.5. The second-order valence-corrected chi connectivity index (χ2v) is 7.84. The molecule has 1 saturated heterocycles. The number of anilines is 3. The molecule has 5 N–H and O–H groups in total. The zero-order chi connectivity index (χ0) is 22.2. The van der Waals surface area contributed by atoms with E-state index in [-0.39, 0.29) is 11.8 Å². The fourth-order valence-electron chi connectivity index (χ4n) is 4.07. The number of fused-ring (bicyclic) bond motifs is 2. The van der Waals surface area contributed by atoms with Crippen LogP contribution in [0, 0.1) is 12.7 Å². The van der Waals surface area contributed by atoms with Crippen molar-refractivity contribution >= 4 is 34.1 Å². The van der Waals surface area contributed by atoms with Gasteiger partial charge < -0.3 is 25.8 Å². The molecule has 0 aliphatic carbocycles. The standard InChI is InChI=1S/C22H23FN6O3/c1-11-15(9-28-21-20(11)26-4-5-31-21)14-6-12-7-17(27-10-16(12)19(24)18(14)23)29-22(30)32-13-2-3-25-8-13/h6-7,9-10,13,25-26H,2-5,8,24H2,1H3,(H,27,29,30)/t13-/m1/s1. The summed E-state index contributed by atoms with van der Waals surface area (Å²) in [7, 11) is 0. The van der Waals surface area contributed by atoms with E-state index in [9.17, 15) is 4.79 Å². The van der Waals surface area contributed by atoms with E-state index >= 15 is 4.39 Å². The number of pyridine rings is 2.